The maximum atomic E-state index is 12.5. The lowest BCUT2D eigenvalue weighted by Crippen LogP contribution is -2.08. The maximum absolute atomic E-state index is 12.5. The van der Waals surface area contributed by atoms with Gasteiger partial charge in [-0.05, 0) is 57.1 Å². The number of nitrogens with one attached hydrogen (secondary N) is 1. The van der Waals surface area contributed by atoms with Crippen molar-refractivity contribution in [3.8, 4) is 11.1 Å². The molecule has 134 valence electrons. The van der Waals surface area contributed by atoms with Crippen molar-refractivity contribution < 1.29 is 14.6 Å². The van der Waals surface area contributed by atoms with E-state index in [9.17, 15) is 14.7 Å². The van der Waals surface area contributed by atoms with Gasteiger partial charge in [-0.3, -0.25) is 4.79 Å². The first-order chi connectivity index (χ1) is 13.1. The molecule has 1 aromatic heterocycles. The SMILES string of the molecule is COC(=O)c1cc2cc[nH]c(=O)c2c2cc(-c3cccc(CO)c3)ccc12. The van der Waals surface area contributed by atoms with E-state index in [0.29, 0.717) is 27.1 Å². The minimum atomic E-state index is -0.447. The molecule has 2 N–H and O–H groups in total. The molecule has 0 aliphatic heterocycles. The van der Waals surface area contributed by atoms with Crippen LogP contribution in [0.2, 0.25) is 0 Å². The molecule has 0 aliphatic carbocycles. The Hall–Kier alpha value is -3.44. The smallest absolute Gasteiger partial charge is 0.338 e. The number of hydrogen-bond donors (Lipinski definition) is 2. The minimum absolute atomic E-state index is 0.0451. The summed E-state index contributed by atoms with van der Waals surface area (Å²) in [6, 6.07) is 16.6. The number of fused-ring (bicyclic) bond motifs is 3. The summed E-state index contributed by atoms with van der Waals surface area (Å²) >= 11 is 0. The molecule has 4 rings (SSSR count). The largest absolute Gasteiger partial charge is 0.465 e. The highest BCUT2D eigenvalue weighted by Gasteiger charge is 2.16. The van der Waals surface area contributed by atoms with E-state index >= 15 is 0 Å². The zero-order chi connectivity index (χ0) is 19.0. The third-order valence-electron chi connectivity index (χ3n) is 4.72. The van der Waals surface area contributed by atoms with Crippen molar-refractivity contribution in [3.63, 3.8) is 0 Å². The first-order valence-corrected chi connectivity index (χ1v) is 8.49. The Kier molecular flexibility index (Phi) is 4.22. The third-order valence-corrected chi connectivity index (χ3v) is 4.72. The van der Waals surface area contributed by atoms with Gasteiger partial charge in [-0.25, -0.2) is 4.79 Å². The van der Waals surface area contributed by atoms with Gasteiger partial charge in [0, 0.05) is 6.20 Å². The fraction of sp³-hybridized carbons (Fsp3) is 0.0909. The monoisotopic (exact) mass is 359 g/mol. The molecule has 0 spiro atoms. The number of pyridine rings is 1. The van der Waals surface area contributed by atoms with Crippen LogP contribution in [0.3, 0.4) is 0 Å². The normalized spacial score (nSPS) is 11.0. The highest BCUT2D eigenvalue weighted by Crippen LogP contribution is 2.31. The van der Waals surface area contributed by atoms with Crippen LogP contribution >= 0.6 is 0 Å². The van der Waals surface area contributed by atoms with Crippen molar-refractivity contribution >= 4 is 27.5 Å². The molecular formula is C22H17NO4. The van der Waals surface area contributed by atoms with Gasteiger partial charge >= 0.3 is 5.97 Å². The van der Waals surface area contributed by atoms with Crippen molar-refractivity contribution in [1.82, 2.24) is 4.98 Å². The Labute approximate surface area is 154 Å². The Morgan fingerprint density at radius 2 is 1.85 bits per heavy atom. The second-order valence-corrected chi connectivity index (χ2v) is 6.31. The lowest BCUT2D eigenvalue weighted by Gasteiger charge is -2.11. The van der Waals surface area contributed by atoms with E-state index < -0.39 is 5.97 Å². The van der Waals surface area contributed by atoms with Gasteiger partial charge in [0.25, 0.3) is 5.56 Å². The van der Waals surface area contributed by atoms with Gasteiger partial charge in [0.15, 0.2) is 0 Å². The van der Waals surface area contributed by atoms with Gasteiger partial charge < -0.3 is 14.8 Å². The van der Waals surface area contributed by atoms with Crippen LogP contribution in [0, 0.1) is 0 Å². The summed E-state index contributed by atoms with van der Waals surface area (Å²) in [4.78, 5) is 27.4. The topological polar surface area (TPSA) is 79.4 Å². The fourth-order valence-electron chi connectivity index (χ4n) is 3.42. The zero-order valence-corrected chi connectivity index (χ0v) is 14.7. The highest BCUT2D eigenvalue weighted by molar-refractivity contribution is 6.16. The molecule has 0 fully saturated rings. The molecule has 3 aromatic carbocycles. The second-order valence-electron chi connectivity index (χ2n) is 6.31. The number of rotatable bonds is 3. The second kappa shape index (κ2) is 6.70. The molecule has 0 saturated carbocycles. The Balaban J connectivity index is 2.08. The number of aromatic nitrogens is 1. The number of ether oxygens (including phenoxy) is 1. The van der Waals surface area contributed by atoms with Crippen LogP contribution in [0.1, 0.15) is 15.9 Å². The van der Waals surface area contributed by atoms with E-state index in [2.05, 4.69) is 4.98 Å². The van der Waals surface area contributed by atoms with Gasteiger partial charge in [0.1, 0.15) is 0 Å². The van der Waals surface area contributed by atoms with Crippen LogP contribution < -0.4 is 5.56 Å². The van der Waals surface area contributed by atoms with E-state index in [1.807, 2.05) is 42.5 Å². The molecule has 0 saturated heterocycles. The molecule has 5 heteroatoms. The molecule has 4 aromatic rings. The summed E-state index contributed by atoms with van der Waals surface area (Å²) in [5.74, 6) is -0.447. The quantitative estimate of drug-likeness (QED) is 0.432. The van der Waals surface area contributed by atoms with E-state index in [1.165, 1.54) is 7.11 Å². The molecule has 1 heterocycles. The number of H-pyrrole nitrogens is 1. The number of benzene rings is 3. The Morgan fingerprint density at radius 3 is 2.63 bits per heavy atom. The van der Waals surface area contributed by atoms with Gasteiger partial charge in [0.05, 0.1) is 24.7 Å². The molecule has 0 atom stereocenters. The summed E-state index contributed by atoms with van der Waals surface area (Å²) < 4.78 is 4.92. The number of esters is 1. The standard InChI is InChI=1S/C22H17NO4/c1-27-22(26)19-11-16-7-8-23-21(25)20(16)18-10-15(5-6-17(18)19)14-4-2-3-13(9-14)12-24/h2-11,24H,12H2,1H3,(H,23,25). The van der Waals surface area contributed by atoms with Crippen LogP contribution in [0.25, 0.3) is 32.7 Å². The highest BCUT2D eigenvalue weighted by atomic mass is 16.5. The van der Waals surface area contributed by atoms with Crippen molar-refractivity contribution in [3.05, 3.63) is 82.3 Å². The predicted molar refractivity (Wildman–Crippen MR) is 105 cm³/mol. The fourth-order valence-corrected chi connectivity index (χ4v) is 3.42. The van der Waals surface area contributed by atoms with E-state index in [1.54, 1.807) is 18.3 Å². The molecule has 5 nitrogen and oxygen atoms in total. The van der Waals surface area contributed by atoms with Gasteiger partial charge in [0.2, 0.25) is 0 Å². The summed E-state index contributed by atoms with van der Waals surface area (Å²) in [6.45, 7) is -0.0451. The van der Waals surface area contributed by atoms with Gasteiger partial charge in [-0.1, -0.05) is 30.3 Å². The summed E-state index contributed by atoms with van der Waals surface area (Å²) in [7, 11) is 1.34. The van der Waals surface area contributed by atoms with Crippen LogP contribution in [0.5, 0.6) is 0 Å². The predicted octanol–water partition coefficient (Wildman–Crippen LogP) is 3.63. The van der Waals surface area contributed by atoms with E-state index in [-0.39, 0.29) is 12.2 Å². The molecule has 0 aliphatic rings. The van der Waals surface area contributed by atoms with Crippen molar-refractivity contribution in [2.24, 2.45) is 0 Å². The Morgan fingerprint density at radius 1 is 1.04 bits per heavy atom. The Bertz CT molecular complexity index is 1240. The minimum Gasteiger partial charge on any atom is -0.465 e. The summed E-state index contributed by atoms with van der Waals surface area (Å²) in [5, 5.41) is 11.9. The van der Waals surface area contributed by atoms with Crippen LogP contribution in [0.15, 0.2) is 65.6 Å². The van der Waals surface area contributed by atoms with Crippen LogP contribution in [-0.2, 0) is 11.3 Å². The molecule has 0 amide bonds. The average molecular weight is 359 g/mol. The van der Waals surface area contributed by atoms with E-state index in [0.717, 1.165) is 16.7 Å². The van der Waals surface area contributed by atoms with Gasteiger partial charge in [-0.2, -0.15) is 0 Å². The molecule has 0 unspecified atom stereocenters. The number of aliphatic hydroxyl groups is 1. The van der Waals surface area contributed by atoms with Crippen LogP contribution in [-0.4, -0.2) is 23.2 Å². The molecule has 0 bridgehead atoms. The lowest BCUT2D eigenvalue weighted by atomic mass is 9.94. The van der Waals surface area contributed by atoms with E-state index in [4.69, 9.17) is 4.74 Å². The third kappa shape index (κ3) is 2.88. The van der Waals surface area contributed by atoms with Crippen molar-refractivity contribution in [2.75, 3.05) is 7.11 Å². The summed E-state index contributed by atoms with van der Waals surface area (Å²) in [6.07, 6.45) is 1.56. The number of aliphatic hydroxyl groups excluding tert-OH is 1. The lowest BCUT2D eigenvalue weighted by molar-refractivity contribution is 0.0603. The number of carbonyl (C=O) groups is 1. The molecule has 27 heavy (non-hydrogen) atoms. The first-order valence-electron chi connectivity index (χ1n) is 8.49. The van der Waals surface area contributed by atoms with Crippen LogP contribution in [0.4, 0.5) is 0 Å². The van der Waals surface area contributed by atoms with Gasteiger partial charge in [-0.15, -0.1) is 0 Å². The number of hydrogen-bond acceptors (Lipinski definition) is 4. The van der Waals surface area contributed by atoms with Crippen molar-refractivity contribution in [2.45, 2.75) is 6.61 Å². The molecular weight excluding hydrogens is 342 g/mol. The first kappa shape index (κ1) is 17.0. The van der Waals surface area contributed by atoms with Crippen molar-refractivity contribution in [1.29, 1.82) is 0 Å². The zero-order valence-electron chi connectivity index (χ0n) is 14.7. The maximum Gasteiger partial charge on any atom is 0.338 e. The number of carbonyl (C=O) groups excluding carboxylic acids is 1. The average Bonchev–Trinajstić information content (AvgIpc) is 2.72. The molecule has 0 radical (unpaired) electrons. The number of aromatic amines is 1. The summed E-state index contributed by atoms with van der Waals surface area (Å²) in [5.41, 5.74) is 2.83. The number of methoxy groups -OCH3 is 1.